The summed E-state index contributed by atoms with van der Waals surface area (Å²) in [5.74, 6) is -0.0899. The number of hydrogen-bond acceptors (Lipinski definition) is 4. The lowest BCUT2D eigenvalue weighted by Crippen LogP contribution is -2.41. The highest BCUT2D eigenvalue weighted by atomic mass is 19.3. The van der Waals surface area contributed by atoms with E-state index in [0.29, 0.717) is 0 Å². The molecule has 0 aromatic carbocycles. The molecule has 0 spiro atoms. The molecule has 0 saturated carbocycles. The van der Waals surface area contributed by atoms with Gasteiger partial charge >= 0.3 is 7.12 Å². The zero-order valence-electron chi connectivity index (χ0n) is 14.1. The van der Waals surface area contributed by atoms with Crippen LogP contribution in [-0.4, -0.2) is 30.4 Å². The Hall–Kier alpha value is -1.21. The van der Waals surface area contributed by atoms with Gasteiger partial charge in [0.25, 0.3) is 6.43 Å². The van der Waals surface area contributed by atoms with Crippen molar-refractivity contribution in [3.63, 3.8) is 0 Å². The van der Waals surface area contributed by atoms with E-state index in [2.05, 4.69) is 4.98 Å². The maximum atomic E-state index is 13.0. The van der Waals surface area contributed by atoms with E-state index in [1.54, 1.807) is 27.7 Å². The first-order chi connectivity index (χ1) is 10.0. The quantitative estimate of drug-likeness (QED) is 0.800. The van der Waals surface area contributed by atoms with Crippen molar-refractivity contribution in [2.45, 2.75) is 45.3 Å². The molecule has 7 heteroatoms. The van der Waals surface area contributed by atoms with Gasteiger partial charge in [-0.2, -0.15) is 0 Å². The number of aromatic nitrogens is 1. The van der Waals surface area contributed by atoms with E-state index in [1.807, 2.05) is 0 Å². The van der Waals surface area contributed by atoms with Crippen LogP contribution in [0.2, 0.25) is 0 Å². The van der Waals surface area contributed by atoms with E-state index in [1.165, 1.54) is 7.11 Å². The molecule has 0 bridgehead atoms. The van der Waals surface area contributed by atoms with Gasteiger partial charge in [0.2, 0.25) is 0 Å². The molecule has 1 aromatic rings. The molecular formula is C13H18BF2NO3. The van der Waals surface area contributed by atoms with Gasteiger partial charge in [-0.05, 0) is 33.7 Å². The number of ether oxygens (including phenoxy) is 1. The van der Waals surface area contributed by atoms with Crippen molar-refractivity contribution in [3.8, 4) is 5.75 Å². The number of pyridine rings is 1. The fraction of sp³-hybridized carbons (Fsp3) is 0.615. The van der Waals surface area contributed by atoms with Crippen molar-refractivity contribution in [3.05, 3.63) is 17.9 Å². The minimum atomic E-state index is -2.97. The van der Waals surface area contributed by atoms with Crippen molar-refractivity contribution in [1.82, 2.24) is 4.98 Å². The summed E-state index contributed by atoms with van der Waals surface area (Å²) in [6.45, 7) is 7.22. The number of rotatable bonds is 3. The van der Waals surface area contributed by atoms with Crippen LogP contribution in [0.5, 0.6) is 5.75 Å². The molecule has 0 N–H and O–H groups in total. The first-order valence-corrected chi connectivity index (χ1v) is 6.20. The monoisotopic (exact) mass is 287 g/mol. The average Bonchev–Trinajstić information content (AvgIpc) is 2.59. The largest absolute Gasteiger partial charge is 0.498 e. The van der Waals surface area contributed by atoms with Crippen LogP contribution in [0.1, 0.15) is 42.6 Å². The Morgan fingerprint density at radius 2 is 1.85 bits per heavy atom. The Morgan fingerprint density at radius 3 is 2.30 bits per heavy atom. The summed E-state index contributed by atoms with van der Waals surface area (Å²) < 4.78 is 58.4. The van der Waals surface area contributed by atoms with E-state index in [9.17, 15) is 8.78 Å². The smallest absolute Gasteiger partial charge is 0.496 e. The van der Waals surface area contributed by atoms with Crippen LogP contribution < -0.4 is 10.2 Å². The van der Waals surface area contributed by atoms with Gasteiger partial charge in [0.05, 0.1) is 27.2 Å². The van der Waals surface area contributed by atoms with Crippen LogP contribution in [0.4, 0.5) is 8.78 Å². The van der Waals surface area contributed by atoms with E-state index in [0.717, 1.165) is 0 Å². The van der Waals surface area contributed by atoms with Crippen LogP contribution in [0, 0.1) is 0 Å². The number of hydrogen-bond donors (Lipinski definition) is 0. The van der Waals surface area contributed by atoms with E-state index >= 15 is 0 Å². The van der Waals surface area contributed by atoms with Crippen LogP contribution in [-0.2, 0) is 9.31 Å². The third-order valence-corrected chi connectivity index (χ3v) is 3.69. The third kappa shape index (κ3) is 2.52. The Labute approximate surface area is 120 Å². The van der Waals surface area contributed by atoms with Crippen LogP contribution in [0.15, 0.2) is 12.2 Å². The minimum absolute atomic E-state index is 0.0311. The number of alkyl halides is 2. The molecule has 1 saturated heterocycles. The summed E-state index contributed by atoms with van der Waals surface area (Å²) in [4.78, 5) is 3.44. The first kappa shape index (κ1) is 12.5. The summed E-state index contributed by atoms with van der Waals surface area (Å²) in [5.41, 5.74) is -2.22. The summed E-state index contributed by atoms with van der Waals surface area (Å²) >= 11 is 0. The molecule has 0 unspecified atom stereocenters. The Balaban J connectivity index is 2.60. The number of halogens is 2. The highest BCUT2D eigenvalue weighted by molar-refractivity contribution is 6.63. The molecule has 2 rings (SSSR count). The second-order valence-corrected chi connectivity index (χ2v) is 5.57. The van der Waals surface area contributed by atoms with E-state index < -0.39 is 42.7 Å². The highest BCUT2D eigenvalue weighted by Gasteiger charge is 2.52. The Morgan fingerprint density at radius 1 is 1.30 bits per heavy atom. The predicted molar refractivity (Wildman–Crippen MR) is 71.5 cm³/mol. The molecule has 1 aromatic heterocycles. The Bertz CT molecular complexity index is 583. The zero-order chi connectivity index (χ0) is 16.9. The standard InChI is InChI=1S/C13H18BF2NO3/c1-12(2)13(3,4)20-14(19-12)8-6-9(11(15)16)17-7-10(8)18-5/h6-7,11H,1-5H3/i6D,7D. The molecule has 0 amide bonds. The highest BCUT2D eigenvalue weighted by Crippen LogP contribution is 2.37. The van der Waals surface area contributed by atoms with Gasteiger partial charge in [0.1, 0.15) is 11.4 Å². The van der Waals surface area contributed by atoms with E-state index in [4.69, 9.17) is 16.8 Å². The molecule has 0 atom stereocenters. The first-order valence-electron chi connectivity index (χ1n) is 7.20. The molecule has 0 radical (unpaired) electrons. The molecule has 2 heterocycles. The van der Waals surface area contributed by atoms with Crippen LogP contribution in [0.3, 0.4) is 0 Å². The predicted octanol–water partition coefficient (Wildman–Crippen LogP) is 2.33. The average molecular weight is 287 g/mol. The van der Waals surface area contributed by atoms with Gasteiger partial charge in [-0.15, -0.1) is 0 Å². The van der Waals surface area contributed by atoms with Crippen molar-refractivity contribution in [1.29, 1.82) is 0 Å². The topological polar surface area (TPSA) is 40.6 Å². The van der Waals surface area contributed by atoms with Gasteiger partial charge in [-0.3, -0.25) is 4.98 Å². The van der Waals surface area contributed by atoms with Crippen molar-refractivity contribution in [2.75, 3.05) is 7.11 Å². The maximum Gasteiger partial charge on any atom is 0.498 e. The lowest BCUT2D eigenvalue weighted by molar-refractivity contribution is 0.00578. The van der Waals surface area contributed by atoms with Gasteiger partial charge in [0.15, 0.2) is 0 Å². The molecule has 4 nitrogen and oxygen atoms in total. The molecule has 1 fully saturated rings. The fourth-order valence-electron chi connectivity index (χ4n) is 1.78. The summed E-state index contributed by atoms with van der Waals surface area (Å²) in [6, 6.07) is -0.527. The van der Waals surface area contributed by atoms with Crippen LogP contribution in [0.25, 0.3) is 0 Å². The van der Waals surface area contributed by atoms with Gasteiger partial charge in [0, 0.05) is 5.46 Å². The molecule has 20 heavy (non-hydrogen) atoms. The second-order valence-electron chi connectivity index (χ2n) is 5.57. The van der Waals surface area contributed by atoms with Gasteiger partial charge < -0.3 is 14.0 Å². The van der Waals surface area contributed by atoms with Crippen molar-refractivity contribution < 1.29 is 25.6 Å². The zero-order valence-corrected chi connectivity index (χ0v) is 12.1. The van der Waals surface area contributed by atoms with Crippen LogP contribution >= 0.6 is 0 Å². The Kier molecular flexibility index (Phi) is 3.11. The summed E-state index contributed by atoms with van der Waals surface area (Å²) in [7, 11) is 0.211. The maximum absolute atomic E-state index is 13.0. The molecule has 0 aliphatic carbocycles. The summed E-state index contributed by atoms with van der Waals surface area (Å²) in [6.07, 6.45) is -3.44. The number of methoxy groups -OCH3 is 1. The SMILES string of the molecule is [2H]c1nc(C(F)F)c([2H])c(B2OC(C)(C)C(C)(C)O2)c1OC. The lowest BCUT2D eigenvalue weighted by Gasteiger charge is -2.32. The minimum Gasteiger partial charge on any atom is -0.496 e. The molecule has 1 aliphatic heterocycles. The van der Waals surface area contributed by atoms with Gasteiger partial charge in [-0.1, -0.05) is 0 Å². The van der Waals surface area contributed by atoms with Crippen molar-refractivity contribution in [2.24, 2.45) is 0 Å². The van der Waals surface area contributed by atoms with E-state index in [-0.39, 0.29) is 11.2 Å². The fourth-order valence-corrected chi connectivity index (χ4v) is 1.78. The molecular weight excluding hydrogens is 267 g/mol. The van der Waals surface area contributed by atoms with Gasteiger partial charge in [-0.25, -0.2) is 8.78 Å². The number of nitrogens with zero attached hydrogens (tertiary/aromatic N) is 1. The summed E-state index contributed by atoms with van der Waals surface area (Å²) in [5, 5.41) is 0. The second kappa shape index (κ2) is 4.97. The molecule has 1 aliphatic rings. The third-order valence-electron chi connectivity index (χ3n) is 3.69. The van der Waals surface area contributed by atoms with Crippen molar-refractivity contribution >= 4 is 12.6 Å². The lowest BCUT2D eigenvalue weighted by atomic mass is 9.78. The normalized spacial score (nSPS) is 21.9. The molecule has 110 valence electrons.